The lowest BCUT2D eigenvalue weighted by molar-refractivity contribution is -0.976. The first kappa shape index (κ1) is 28.4. The van der Waals surface area contributed by atoms with Gasteiger partial charge in [0.15, 0.2) is 12.4 Å². The highest BCUT2D eigenvalue weighted by atomic mass is 16.3. The van der Waals surface area contributed by atoms with E-state index < -0.39 is 0 Å². The number of allylic oxidation sites excluding steroid dienone is 2. The first-order valence-corrected chi connectivity index (χ1v) is 13.9. The van der Waals surface area contributed by atoms with Crippen LogP contribution in [0.2, 0.25) is 0 Å². The summed E-state index contributed by atoms with van der Waals surface area (Å²) in [6.07, 6.45) is 31.3. The standard InChI is InChI=1S/C28H55N2O/c1-4-6-7-8-9-10-11-12-13-14-15-16-17-18-19-20-21-22-23-24-28-29-25-26-30(28,5-2)27(3)31/h13-14,25,27-28,31H,4-12,15-24,26H2,1-3H3/q+1/b14-13+. The molecule has 1 N–H and O–H groups in total. The minimum atomic E-state index is -0.312. The van der Waals surface area contributed by atoms with Crippen LogP contribution >= 0.6 is 0 Å². The monoisotopic (exact) mass is 435 g/mol. The van der Waals surface area contributed by atoms with E-state index in [-0.39, 0.29) is 12.4 Å². The predicted octanol–water partition coefficient (Wildman–Crippen LogP) is 8.17. The Morgan fingerprint density at radius 2 is 1.29 bits per heavy atom. The number of unbranched alkanes of at least 4 members (excludes halogenated alkanes) is 15. The largest absolute Gasteiger partial charge is 0.345 e. The Bertz CT molecular complexity index is 460. The molecule has 1 heterocycles. The van der Waals surface area contributed by atoms with E-state index in [1.54, 1.807) is 0 Å². The second-order valence-corrected chi connectivity index (χ2v) is 9.83. The lowest BCUT2D eigenvalue weighted by atomic mass is 10.0. The van der Waals surface area contributed by atoms with Crippen molar-refractivity contribution in [2.45, 2.75) is 149 Å². The van der Waals surface area contributed by atoms with Crippen molar-refractivity contribution in [3.8, 4) is 0 Å². The van der Waals surface area contributed by atoms with E-state index in [0.29, 0.717) is 0 Å². The fourth-order valence-electron chi connectivity index (χ4n) is 5.02. The molecule has 3 nitrogen and oxygen atoms in total. The summed E-state index contributed by atoms with van der Waals surface area (Å²) in [6, 6.07) is 0. The normalized spacial score (nSPS) is 22.0. The van der Waals surface area contributed by atoms with Gasteiger partial charge in [0.25, 0.3) is 0 Å². The molecule has 0 bridgehead atoms. The Balaban J connectivity index is 1.85. The van der Waals surface area contributed by atoms with Gasteiger partial charge in [-0.15, -0.1) is 0 Å². The van der Waals surface area contributed by atoms with Crippen LogP contribution in [0.5, 0.6) is 0 Å². The molecular weight excluding hydrogens is 380 g/mol. The summed E-state index contributed by atoms with van der Waals surface area (Å²) < 4.78 is 0.744. The zero-order valence-electron chi connectivity index (χ0n) is 21.4. The number of aliphatic hydroxyl groups excluding tert-OH is 1. The summed E-state index contributed by atoms with van der Waals surface area (Å²) in [6.45, 7) is 8.26. The molecule has 3 heteroatoms. The average Bonchev–Trinajstić information content (AvgIpc) is 3.19. The van der Waals surface area contributed by atoms with Crippen molar-refractivity contribution in [1.82, 2.24) is 0 Å². The highest BCUT2D eigenvalue weighted by Crippen LogP contribution is 2.26. The van der Waals surface area contributed by atoms with Crippen LogP contribution < -0.4 is 0 Å². The van der Waals surface area contributed by atoms with Gasteiger partial charge in [-0.25, -0.2) is 4.99 Å². The molecule has 0 saturated carbocycles. The fourth-order valence-corrected chi connectivity index (χ4v) is 5.02. The molecule has 0 spiro atoms. The van der Waals surface area contributed by atoms with Gasteiger partial charge < -0.3 is 5.11 Å². The van der Waals surface area contributed by atoms with Gasteiger partial charge in [-0.3, -0.25) is 4.48 Å². The number of aliphatic imine (C=N–C) groups is 1. The molecule has 0 aromatic carbocycles. The van der Waals surface area contributed by atoms with Gasteiger partial charge >= 0.3 is 0 Å². The summed E-state index contributed by atoms with van der Waals surface area (Å²) in [5.41, 5.74) is 0. The molecule has 182 valence electrons. The van der Waals surface area contributed by atoms with E-state index in [1.165, 1.54) is 109 Å². The molecule has 0 aromatic rings. The quantitative estimate of drug-likeness (QED) is 0.110. The molecule has 1 aliphatic heterocycles. The Kier molecular flexibility index (Phi) is 17.3. The van der Waals surface area contributed by atoms with Gasteiger partial charge in [0, 0.05) is 13.3 Å². The van der Waals surface area contributed by atoms with Gasteiger partial charge in [0.1, 0.15) is 6.54 Å². The van der Waals surface area contributed by atoms with Gasteiger partial charge in [-0.05, 0) is 39.0 Å². The summed E-state index contributed by atoms with van der Waals surface area (Å²) in [4.78, 5) is 4.68. The Morgan fingerprint density at radius 3 is 1.77 bits per heavy atom. The van der Waals surface area contributed by atoms with Crippen molar-refractivity contribution in [2.75, 3.05) is 13.1 Å². The summed E-state index contributed by atoms with van der Waals surface area (Å²) in [5, 5.41) is 10.2. The molecule has 0 aliphatic carbocycles. The fraction of sp³-hybridized carbons (Fsp3) is 0.893. The van der Waals surface area contributed by atoms with Crippen LogP contribution in [0.4, 0.5) is 0 Å². The van der Waals surface area contributed by atoms with E-state index in [9.17, 15) is 5.11 Å². The third-order valence-electron chi connectivity index (χ3n) is 7.35. The summed E-state index contributed by atoms with van der Waals surface area (Å²) in [7, 11) is 0. The molecule has 0 fully saturated rings. The second-order valence-electron chi connectivity index (χ2n) is 9.83. The van der Waals surface area contributed by atoms with Gasteiger partial charge in [-0.1, -0.05) is 96.1 Å². The number of hydrogen-bond donors (Lipinski definition) is 1. The average molecular weight is 436 g/mol. The first-order chi connectivity index (χ1) is 15.2. The molecule has 0 saturated heterocycles. The van der Waals surface area contributed by atoms with Crippen LogP contribution in [0, 0.1) is 0 Å². The molecule has 0 aromatic heterocycles. The van der Waals surface area contributed by atoms with Crippen LogP contribution in [0.15, 0.2) is 17.1 Å². The van der Waals surface area contributed by atoms with Crippen LogP contribution in [-0.4, -0.2) is 41.3 Å². The third-order valence-corrected chi connectivity index (χ3v) is 7.35. The Labute approximate surface area is 195 Å². The molecular formula is C28H55N2O+. The predicted molar refractivity (Wildman–Crippen MR) is 138 cm³/mol. The van der Waals surface area contributed by atoms with Crippen molar-refractivity contribution >= 4 is 6.21 Å². The van der Waals surface area contributed by atoms with Gasteiger partial charge in [0.05, 0.1) is 12.8 Å². The Morgan fingerprint density at radius 1 is 0.806 bits per heavy atom. The minimum Gasteiger partial charge on any atom is -0.345 e. The topological polar surface area (TPSA) is 32.6 Å². The van der Waals surface area contributed by atoms with E-state index in [4.69, 9.17) is 0 Å². The van der Waals surface area contributed by atoms with E-state index >= 15 is 0 Å². The first-order valence-electron chi connectivity index (χ1n) is 13.9. The Hall–Kier alpha value is -0.670. The van der Waals surface area contributed by atoms with E-state index in [0.717, 1.165) is 24.0 Å². The van der Waals surface area contributed by atoms with Crippen LogP contribution in [0.1, 0.15) is 136 Å². The molecule has 31 heavy (non-hydrogen) atoms. The van der Waals surface area contributed by atoms with Gasteiger partial charge in [-0.2, -0.15) is 0 Å². The highest BCUT2D eigenvalue weighted by Gasteiger charge is 2.41. The lowest BCUT2D eigenvalue weighted by Gasteiger charge is -2.40. The number of rotatable bonds is 21. The number of quaternary nitrogens is 1. The third kappa shape index (κ3) is 12.2. The van der Waals surface area contributed by atoms with Crippen molar-refractivity contribution in [3.63, 3.8) is 0 Å². The maximum absolute atomic E-state index is 10.2. The van der Waals surface area contributed by atoms with Crippen LogP contribution in [-0.2, 0) is 0 Å². The SMILES string of the molecule is CCCCCCCCC/C=C/CCCCCCCCCCC1N=CC[N+]1(CC)C(C)O. The van der Waals surface area contributed by atoms with Crippen molar-refractivity contribution in [2.24, 2.45) is 4.99 Å². The molecule has 0 radical (unpaired) electrons. The maximum Gasteiger partial charge on any atom is 0.189 e. The van der Waals surface area contributed by atoms with Crippen molar-refractivity contribution < 1.29 is 9.59 Å². The molecule has 1 aliphatic rings. The minimum absolute atomic E-state index is 0.281. The van der Waals surface area contributed by atoms with Crippen molar-refractivity contribution in [1.29, 1.82) is 0 Å². The molecule has 0 amide bonds. The number of nitrogens with zero attached hydrogens (tertiary/aromatic N) is 2. The van der Waals surface area contributed by atoms with Crippen LogP contribution in [0.25, 0.3) is 0 Å². The van der Waals surface area contributed by atoms with Crippen molar-refractivity contribution in [3.05, 3.63) is 12.2 Å². The van der Waals surface area contributed by atoms with E-state index in [1.807, 2.05) is 13.1 Å². The molecule has 1 rings (SSSR count). The van der Waals surface area contributed by atoms with Crippen LogP contribution in [0.3, 0.4) is 0 Å². The van der Waals surface area contributed by atoms with E-state index in [2.05, 4.69) is 31.0 Å². The molecule has 3 atom stereocenters. The lowest BCUT2D eigenvalue weighted by Crippen LogP contribution is -2.57. The second kappa shape index (κ2) is 18.9. The van der Waals surface area contributed by atoms with Gasteiger partial charge in [0.2, 0.25) is 0 Å². The number of hydrogen-bond acceptors (Lipinski definition) is 2. The zero-order valence-corrected chi connectivity index (χ0v) is 21.4. The maximum atomic E-state index is 10.2. The number of aliphatic hydroxyl groups is 1. The molecule has 3 unspecified atom stereocenters. The summed E-state index contributed by atoms with van der Waals surface area (Å²) in [5.74, 6) is 0. The zero-order chi connectivity index (χ0) is 22.6. The summed E-state index contributed by atoms with van der Waals surface area (Å²) >= 11 is 0. The highest BCUT2D eigenvalue weighted by molar-refractivity contribution is 5.60. The smallest absolute Gasteiger partial charge is 0.189 e.